The zero-order valence-corrected chi connectivity index (χ0v) is 12.1. The fourth-order valence-corrected chi connectivity index (χ4v) is 2.68. The summed E-state index contributed by atoms with van der Waals surface area (Å²) in [4.78, 5) is 0. The molecule has 0 radical (unpaired) electrons. The van der Waals surface area contributed by atoms with Crippen molar-refractivity contribution < 1.29 is 17.7 Å². The predicted octanol–water partition coefficient (Wildman–Crippen LogP) is 2.48. The number of hydrogen-bond acceptors (Lipinski definition) is 4. The van der Waals surface area contributed by atoms with Gasteiger partial charge in [-0.15, -0.1) is 0 Å². The van der Waals surface area contributed by atoms with Crippen LogP contribution in [0.1, 0.15) is 12.0 Å². The highest BCUT2D eigenvalue weighted by Gasteiger charge is 2.41. The van der Waals surface area contributed by atoms with E-state index in [0.717, 1.165) is 6.42 Å². The van der Waals surface area contributed by atoms with Crippen LogP contribution in [0.25, 0.3) is 6.08 Å². The molecule has 0 saturated heterocycles. The van der Waals surface area contributed by atoms with E-state index >= 15 is 0 Å². The van der Waals surface area contributed by atoms with Crippen molar-refractivity contribution in [3.05, 3.63) is 42.0 Å². The monoisotopic (exact) mass is 268 g/mol. The zero-order valence-electron chi connectivity index (χ0n) is 11.1. The van der Waals surface area contributed by atoms with Crippen LogP contribution >= 0.6 is 0 Å². The van der Waals surface area contributed by atoms with Gasteiger partial charge in [-0.1, -0.05) is 42.5 Å². The minimum absolute atomic E-state index is 0.505. The smallest absolute Gasteiger partial charge is 0.355 e. The molecular weight excluding hydrogens is 248 g/mol. The van der Waals surface area contributed by atoms with Crippen molar-refractivity contribution in [2.45, 2.75) is 6.42 Å². The first kappa shape index (κ1) is 15.1. The van der Waals surface area contributed by atoms with Gasteiger partial charge in [0, 0.05) is 27.9 Å². The molecule has 18 heavy (non-hydrogen) atoms. The lowest BCUT2D eigenvalue weighted by atomic mass is 10.2. The number of hydrogen-bond donors (Lipinski definition) is 0. The topological polar surface area (TPSA) is 36.9 Å². The third kappa shape index (κ3) is 4.71. The molecule has 4 nitrogen and oxygen atoms in total. The second-order valence-corrected chi connectivity index (χ2v) is 6.08. The number of benzene rings is 1. The van der Waals surface area contributed by atoms with Crippen LogP contribution in [0.4, 0.5) is 0 Å². The summed E-state index contributed by atoms with van der Waals surface area (Å²) in [5.74, 6) is 0. The average molecular weight is 268 g/mol. The summed E-state index contributed by atoms with van der Waals surface area (Å²) in [6, 6.07) is 10.1. The molecule has 1 aromatic rings. The van der Waals surface area contributed by atoms with Crippen LogP contribution in [0.5, 0.6) is 0 Å². The fraction of sp³-hybridized carbons (Fsp3) is 0.385. The predicted molar refractivity (Wildman–Crippen MR) is 72.8 cm³/mol. The van der Waals surface area contributed by atoms with Crippen LogP contribution < -0.4 is 0 Å². The van der Waals surface area contributed by atoms with Crippen molar-refractivity contribution >= 4 is 15.1 Å². The van der Waals surface area contributed by atoms with Gasteiger partial charge in [0.1, 0.15) is 0 Å². The molecule has 1 aromatic carbocycles. The molecule has 0 aromatic heterocycles. The van der Waals surface area contributed by atoms with Gasteiger partial charge in [-0.2, -0.15) is 0 Å². The molecule has 0 atom stereocenters. The van der Waals surface area contributed by atoms with Crippen molar-refractivity contribution in [2.24, 2.45) is 0 Å². The molecular formula is C13H20O4Si. The maximum atomic E-state index is 5.54. The molecule has 5 heteroatoms. The van der Waals surface area contributed by atoms with E-state index < -0.39 is 9.05 Å². The van der Waals surface area contributed by atoms with E-state index in [1.54, 1.807) is 0 Å². The molecule has 0 heterocycles. The SMILES string of the molecule is CO[Si](OC)(OC)OCCC=Cc1ccccc1. The highest BCUT2D eigenvalue weighted by Crippen LogP contribution is 2.09. The van der Waals surface area contributed by atoms with E-state index in [4.69, 9.17) is 17.7 Å². The molecule has 0 spiro atoms. The second kappa shape index (κ2) is 8.18. The van der Waals surface area contributed by atoms with Crippen LogP contribution in [0, 0.1) is 0 Å². The first-order chi connectivity index (χ1) is 8.76. The minimum atomic E-state index is -2.88. The van der Waals surface area contributed by atoms with Gasteiger partial charge < -0.3 is 17.7 Å². The highest BCUT2D eigenvalue weighted by molar-refractivity contribution is 6.53. The van der Waals surface area contributed by atoms with Gasteiger partial charge in [-0.3, -0.25) is 0 Å². The lowest BCUT2D eigenvalue weighted by molar-refractivity contribution is 0.00711. The average Bonchev–Trinajstić information content (AvgIpc) is 2.45. The highest BCUT2D eigenvalue weighted by atomic mass is 28.4. The molecule has 0 amide bonds. The normalized spacial score (nSPS) is 12.2. The Morgan fingerprint density at radius 2 is 1.61 bits per heavy atom. The van der Waals surface area contributed by atoms with Gasteiger partial charge in [-0.25, -0.2) is 0 Å². The first-order valence-electron chi connectivity index (χ1n) is 5.77. The third-order valence-corrected chi connectivity index (χ3v) is 4.48. The van der Waals surface area contributed by atoms with Crippen molar-refractivity contribution in [3.63, 3.8) is 0 Å². The summed E-state index contributed by atoms with van der Waals surface area (Å²) in [5, 5.41) is 0. The van der Waals surface area contributed by atoms with Crippen LogP contribution in [0.15, 0.2) is 36.4 Å². The summed E-state index contributed by atoms with van der Waals surface area (Å²) in [6.45, 7) is 0.505. The Balaban J connectivity index is 2.32. The van der Waals surface area contributed by atoms with Crippen LogP contribution in [-0.4, -0.2) is 37.0 Å². The molecule has 0 aliphatic heterocycles. The molecule has 0 N–H and O–H groups in total. The van der Waals surface area contributed by atoms with E-state index in [-0.39, 0.29) is 0 Å². The Labute approximate surface area is 110 Å². The van der Waals surface area contributed by atoms with Crippen molar-refractivity contribution in [1.29, 1.82) is 0 Å². The van der Waals surface area contributed by atoms with Crippen molar-refractivity contribution in [1.82, 2.24) is 0 Å². The Morgan fingerprint density at radius 3 is 2.17 bits per heavy atom. The van der Waals surface area contributed by atoms with Gasteiger partial charge in [0.2, 0.25) is 0 Å². The van der Waals surface area contributed by atoms with E-state index in [0.29, 0.717) is 6.61 Å². The molecule has 0 saturated carbocycles. The van der Waals surface area contributed by atoms with Gasteiger partial charge in [0.15, 0.2) is 0 Å². The van der Waals surface area contributed by atoms with Crippen LogP contribution in [0.2, 0.25) is 0 Å². The minimum Gasteiger partial charge on any atom is -0.355 e. The summed E-state index contributed by atoms with van der Waals surface area (Å²) < 4.78 is 21.0. The Hall–Kier alpha value is -0.983. The van der Waals surface area contributed by atoms with Crippen LogP contribution in [-0.2, 0) is 17.7 Å². The van der Waals surface area contributed by atoms with Crippen LogP contribution in [0.3, 0.4) is 0 Å². The maximum Gasteiger partial charge on any atom is 0.678 e. The van der Waals surface area contributed by atoms with Gasteiger partial charge in [0.25, 0.3) is 0 Å². The Kier molecular flexibility index (Phi) is 6.85. The standard InChI is InChI=1S/C13H20O4Si/c1-14-18(15-2,16-3)17-12-8-7-11-13-9-5-4-6-10-13/h4-7,9-11H,8,12H2,1-3H3. The Morgan fingerprint density at radius 1 is 1.00 bits per heavy atom. The largest absolute Gasteiger partial charge is 0.678 e. The van der Waals surface area contributed by atoms with E-state index in [9.17, 15) is 0 Å². The van der Waals surface area contributed by atoms with E-state index in [1.165, 1.54) is 26.9 Å². The third-order valence-electron chi connectivity index (χ3n) is 2.42. The van der Waals surface area contributed by atoms with E-state index in [1.807, 2.05) is 18.2 Å². The number of rotatable bonds is 8. The summed E-state index contributed by atoms with van der Waals surface area (Å²) in [6.07, 6.45) is 4.88. The Bertz CT molecular complexity index is 341. The van der Waals surface area contributed by atoms with Gasteiger partial charge in [-0.05, 0) is 12.0 Å². The maximum absolute atomic E-state index is 5.54. The molecule has 100 valence electrons. The molecule has 0 aliphatic rings. The molecule has 0 bridgehead atoms. The van der Waals surface area contributed by atoms with Gasteiger partial charge in [0.05, 0.1) is 0 Å². The van der Waals surface area contributed by atoms with Crippen molar-refractivity contribution in [3.8, 4) is 0 Å². The molecule has 0 aliphatic carbocycles. The lowest BCUT2D eigenvalue weighted by Gasteiger charge is -2.22. The molecule has 1 rings (SSSR count). The second-order valence-electron chi connectivity index (χ2n) is 3.56. The summed E-state index contributed by atoms with van der Waals surface area (Å²) >= 11 is 0. The molecule has 0 unspecified atom stereocenters. The summed E-state index contributed by atoms with van der Waals surface area (Å²) in [5.41, 5.74) is 1.17. The molecule has 0 fully saturated rings. The fourth-order valence-electron chi connectivity index (χ4n) is 1.46. The van der Waals surface area contributed by atoms with Crippen molar-refractivity contribution in [2.75, 3.05) is 27.9 Å². The van der Waals surface area contributed by atoms with E-state index in [2.05, 4.69) is 24.3 Å². The lowest BCUT2D eigenvalue weighted by Crippen LogP contribution is -2.46. The van der Waals surface area contributed by atoms with Gasteiger partial charge >= 0.3 is 9.05 Å². The summed E-state index contributed by atoms with van der Waals surface area (Å²) in [7, 11) is 1.70. The quantitative estimate of drug-likeness (QED) is 0.536. The first-order valence-corrected chi connectivity index (χ1v) is 7.40. The zero-order chi connectivity index (χ0) is 13.3.